The summed E-state index contributed by atoms with van der Waals surface area (Å²) in [6.07, 6.45) is 0. The van der Waals surface area contributed by atoms with Crippen LogP contribution in [-0.4, -0.2) is 51.1 Å². The summed E-state index contributed by atoms with van der Waals surface area (Å²) in [7, 11) is -2.02. The van der Waals surface area contributed by atoms with Gasteiger partial charge in [-0.25, -0.2) is 18.5 Å². The second kappa shape index (κ2) is 7.01. The topological polar surface area (TPSA) is 102 Å². The molecule has 0 radical (unpaired) electrons. The molecule has 1 aromatic carbocycles. The molecule has 10 heteroatoms. The minimum atomic E-state index is -3.65. The summed E-state index contributed by atoms with van der Waals surface area (Å²) >= 11 is 1.38. The predicted molar refractivity (Wildman–Crippen MR) is 92.9 cm³/mol. The number of piperazine rings is 1. The van der Waals surface area contributed by atoms with Crippen LogP contribution in [0.4, 0.5) is 10.8 Å². The Kier molecular flexibility index (Phi) is 4.99. The molecule has 3 rings (SSSR count). The summed E-state index contributed by atoms with van der Waals surface area (Å²) in [5.74, 6) is 0.707. The van der Waals surface area contributed by atoms with Crippen LogP contribution >= 0.6 is 11.5 Å². The Morgan fingerprint density at radius 3 is 2.38 bits per heavy atom. The number of anilines is 2. The molecule has 24 heavy (non-hydrogen) atoms. The van der Waals surface area contributed by atoms with E-state index in [0.29, 0.717) is 12.4 Å². The fraction of sp³-hybridized carbons (Fsp3) is 0.429. The van der Waals surface area contributed by atoms with Gasteiger partial charge in [0.2, 0.25) is 15.2 Å². The normalized spacial score (nSPS) is 15.8. The van der Waals surface area contributed by atoms with Crippen molar-refractivity contribution in [1.82, 2.24) is 9.36 Å². The van der Waals surface area contributed by atoms with Crippen LogP contribution in [0.5, 0.6) is 0 Å². The molecule has 1 aromatic heterocycles. The Balaban J connectivity index is 1.62. The van der Waals surface area contributed by atoms with Gasteiger partial charge < -0.3 is 14.5 Å². The van der Waals surface area contributed by atoms with Gasteiger partial charge in [-0.2, -0.15) is 4.37 Å². The first kappa shape index (κ1) is 17.1. The number of nitrogens with two attached hydrogens (primary N) is 1. The van der Waals surface area contributed by atoms with E-state index < -0.39 is 10.0 Å². The molecule has 1 fully saturated rings. The molecule has 1 aliphatic heterocycles. The van der Waals surface area contributed by atoms with Crippen molar-refractivity contribution < 1.29 is 13.2 Å². The van der Waals surface area contributed by atoms with Crippen LogP contribution in [0, 0.1) is 0 Å². The third-order valence-corrected chi connectivity index (χ3v) is 5.56. The number of methoxy groups -OCH3 is 1. The van der Waals surface area contributed by atoms with E-state index in [4.69, 9.17) is 9.88 Å². The van der Waals surface area contributed by atoms with Crippen molar-refractivity contribution >= 4 is 32.4 Å². The first-order chi connectivity index (χ1) is 11.5. The number of nitrogens with zero attached hydrogens (tertiary/aromatic N) is 4. The van der Waals surface area contributed by atoms with Gasteiger partial charge in [0, 0.05) is 50.5 Å². The fourth-order valence-corrected chi connectivity index (χ4v) is 3.80. The van der Waals surface area contributed by atoms with Crippen molar-refractivity contribution in [3.8, 4) is 0 Å². The molecule has 0 spiro atoms. The molecular weight excluding hydrogens is 350 g/mol. The molecule has 130 valence electrons. The minimum absolute atomic E-state index is 0.129. The largest absolute Gasteiger partial charge is 0.377 e. The number of aromatic nitrogens is 2. The molecule has 0 aliphatic carbocycles. The molecule has 1 aliphatic rings. The molecule has 8 nitrogen and oxygen atoms in total. The highest BCUT2D eigenvalue weighted by atomic mass is 32.2. The minimum Gasteiger partial charge on any atom is -0.377 e. The van der Waals surface area contributed by atoms with E-state index >= 15 is 0 Å². The van der Waals surface area contributed by atoms with E-state index in [1.807, 2.05) is 0 Å². The lowest BCUT2D eigenvalue weighted by molar-refractivity contribution is 0.179. The van der Waals surface area contributed by atoms with Crippen molar-refractivity contribution in [2.75, 3.05) is 43.1 Å². The average molecular weight is 369 g/mol. The second-order valence-electron chi connectivity index (χ2n) is 5.44. The Bertz CT molecular complexity index is 783. The number of hydrogen-bond donors (Lipinski definition) is 1. The second-order valence-corrected chi connectivity index (χ2v) is 7.73. The standard InChI is InChI=1S/C14H19N5O3S2/c1-22-10-13-16-14(23-17-13)19-8-6-18(7-9-19)11-2-4-12(5-3-11)24(15,20)21/h2-5H,6-10H2,1H3,(H2,15,20,21). The Morgan fingerprint density at radius 2 is 1.79 bits per heavy atom. The average Bonchev–Trinajstić information content (AvgIpc) is 3.03. The zero-order valence-electron chi connectivity index (χ0n) is 13.3. The molecule has 1 saturated heterocycles. The van der Waals surface area contributed by atoms with Crippen LogP contribution < -0.4 is 14.9 Å². The maximum atomic E-state index is 11.3. The highest BCUT2D eigenvalue weighted by Gasteiger charge is 2.20. The monoisotopic (exact) mass is 369 g/mol. The Morgan fingerprint density at radius 1 is 1.17 bits per heavy atom. The number of primary sulfonamides is 1. The van der Waals surface area contributed by atoms with Gasteiger partial charge in [0.25, 0.3) is 0 Å². The lowest BCUT2D eigenvalue weighted by Crippen LogP contribution is -2.46. The number of benzene rings is 1. The molecule has 0 unspecified atom stereocenters. The Labute approximate surface area is 145 Å². The van der Waals surface area contributed by atoms with Crippen molar-refractivity contribution in [3.63, 3.8) is 0 Å². The quantitative estimate of drug-likeness (QED) is 0.826. The van der Waals surface area contributed by atoms with Gasteiger partial charge >= 0.3 is 0 Å². The highest BCUT2D eigenvalue weighted by molar-refractivity contribution is 7.89. The fourth-order valence-electron chi connectivity index (χ4n) is 2.56. The molecule has 0 atom stereocenters. The molecule has 2 N–H and O–H groups in total. The lowest BCUT2D eigenvalue weighted by Gasteiger charge is -2.35. The number of sulfonamides is 1. The van der Waals surface area contributed by atoms with E-state index in [1.165, 1.54) is 11.5 Å². The summed E-state index contributed by atoms with van der Waals surface area (Å²) in [6, 6.07) is 6.66. The van der Waals surface area contributed by atoms with Gasteiger partial charge in [0.1, 0.15) is 6.61 Å². The third kappa shape index (κ3) is 3.83. The van der Waals surface area contributed by atoms with Gasteiger partial charge in [0.15, 0.2) is 5.82 Å². The van der Waals surface area contributed by atoms with Crippen molar-refractivity contribution in [2.45, 2.75) is 11.5 Å². The number of ether oxygens (including phenoxy) is 1. The van der Waals surface area contributed by atoms with E-state index in [1.54, 1.807) is 31.4 Å². The van der Waals surface area contributed by atoms with Gasteiger partial charge in [-0.05, 0) is 24.3 Å². The maximum absolute atomic E-state index is 11.3. The first-order valence-corrected chi connectivity index (χ1v) is 9.73. The van der Waals surface area contributed by atoms with Gasteiger partial charge in [-0.3, -0.25) is 0 Å². The van der Waals surface area contributed by atoms with Crippen LogP contribution in [0.2, 0.25) is 0 Å². The van der Waals surface area contributed by atoms with Gasteiger partial charge in [-0.1, -0.05) is 0 Å². The lowest BCUT2D eigenvalue weighted by atomic mass is 10.2. The smallest absolute Gasteiger partial charge is 0.238 e. The molecule has 2 heterocycles. The van der Waals surface area contributed by atoms with Crippen molar-refractivity contribution in [3.05, 3.63) is 30.1 Å². The Hall–Kier alpha value is -1.75. The predicted octanol–water partition coefficient (Wildman–Crippen LogP) is 0.658. The van der Waals surface area contributed by atoms with Crippen LogP contribution in [0.25, 0.3) is 0 Å². The SMILES string of the molecule is COCc1nsc(N2CCN(c3ccc(S(N)(=O)=O)cc3)CC2)n1. The number of hydrogen-bond acceptors (Lipinski definition) is 8. The molecule has 0 saturated carbocycles. The molecule has 2 aromatic rings. The van der Waals surface area contributed by atoms with Gasteiger partial charge in [-0.15, -0.1) is 0 Å². The number of rotatable bonds is 5. The molecule has 0 amide bonds. The van der Waals surface area contributed by atoms with E-state index in [9.17, 15) is 8.42 Å². The van der Waals surface area contributed by atoms with Crippen molar-refractivity contribution in [1.29, 1.82) is 0 Å². The van der Waals surface area contributed by atoms with E-state index in [0.717, 1.165) is 37.0 Å². The third-order valence-electron chi connectivity index (χ3n) is 3.81. The maximum Gasteiger partial charge on any atom is 0.238 e. The van der Waals surface area contributed by atoms with Crippen LogP contribution in [-0.2, 0) is 21.4 Å². The van der Waals surface area contributed by atoms with E-state index in [-0.39, 0.29) is 4.90 Å². The molecule has 0 bridgehead atoms. The van der Waals surface area contributed by atoms with E-state index in [2.05, 4.69) is 19.2 Å². The summed E-state index contributed by atoms with van der Waals surface area (Å²) in [6.45, 7) is 3.74. The molecular formula is C14H19N5O3S2. The highest BCUT2D eigenvalue weighted by Crippen LogP contribution is 2.23. The zero-order chi connectivity index (χ0) is 17.2. The zero-order valence-corrected chi connectivity index (χ0v) is 14.9. The summed E-state index contributed by atoms with van der Waals surface area (Å²) in [5, 5.41) is 6.03. The first-order valence-electron chi connectivity index (χ1n) is 7.41. The summed E-state index contributed by atoms with van der Waals surface area (Å²) < 4.78 is 31.9. The van der Waals surface area contributed by atoms with Crippen LogP contribution in [0.3, 0.4) is 0 Å². The van der Waals surface area contributed by atoms with Crippen molar-refractivity contribution in [2.24, 2.45) is 5.14 Å². The van der Waals surface area contributed by atoms with Crippen LogP contribution in [0.1, 0.15) is 5.82 Å². The summed E-state index contributed by atoms with van der Waals surface area (Å²) in [5.41, 5.74) is 0.986. The summed E-state index contributed by atoms with van der Waals surface area (Å²) in [4.78, 5) is 9.01. The van der Waals surface area contributed by atoms with Gasteiger partial charge in [0.05, 0.1) is 4.90 Å². The van der Waals surface area contributed by atoms with Crippen LogP contribution in [0.15, 0.2) is 29.2 Å².